The molecular formula is C30H43N3O7S2. The van der Waals surface area contributed by atoms with E-state index >= 15 is 0 Å². The third kappa shape index (κ3) is 9.68. The van der Waals surface area contributed by atoms with Crippen LogP contribution in [0, 0.1) is 0 Å². The molecule has 1 aromatic carbocycles. The Bertz CT molecular complexity index is 1400. The van der Waals surface area contributed by atoms with Crippen molar-refractivity contribution in [2.24, 2.45) is 0 Å². The highest BCUT2D eigenvalue weighted by Crippen LogP contribution is 2.37. The van der Waals surface area contributed by atoms with Crippen LogP contribution in [-0.4, -0.2) is 68.4 Å². The topological polar surface area (TPSA) is 117 Å². The van der Waals surface area contributed by atoms with Crippen molar-refractivity contribution in [1.29, 1.82) is 0 Å². The second-order valence-electron chi connectivity index (χ2n) is 12.0. The maximum atomic E-state index is 12.5. The lowest BCUT2D eigenvalue weighted by atomic mass is 10.0. The van der Waals surface area contributed by atoms with Crippen LogP contribution in [0.25, 0.3) is 6.08 Å². The molecule has 0 N–H and O–H groups in total. The van der Waals surface area contributed by atoms with E-state index in [-0.39, 0.29) is 30.4 Å². The average Bonchev–Trinajstić information content (AvgIpc) is 2.84. The summed E-state index contributed by atoms with van der Waals surface area (Å²) in [4.78, 5) is 22.8. The quantitative estimate of drug-likeness (QED) is 0.238. The molecule has 0 aliphatic carbocycles. The molecule has 1 aromatic heterocycles. The minimum Gasteiger partial charge on any atom is -0.497 e. The van der Waals surface area contributed by atoms with Gasteiger partial charge in [0.05, 0.1) is 37.7 Å². The van der Waals surface area contributed by atoms with E-state index < -0.39 is 27.5 Å². The molecule has 42 heavy (non-hydrogen) atoms. The van der Waals surface area contributed by atoms with Gasteiger partial charge in [-0.3, -0.25) is 4.79 Å². The lowest BCUT2D eigenvalue weighted by molar-refractivity contribution is -0.290. The molecule has 1 fully saturated rings. The van der Waals surface area contributed by atoms with Crippen molar-refractivity contribution in [2.45, 2.75) is 101 Å². The highest BCUT2D eigenvalue weighted by molar-refractivity contribution is 7.99. The molecule has 0 unspecified atom stereocenters. The molecule has 0 spiro atoms. The zero-order chi connectivity index (χ0) is 31.5. The Hall–Kier alpha value is -2.67. The Balaban J connectivity index is 2.02. The lowest BCUT2D eigenvalue weighted by Gasteiger charge is -2.39. The Morgan fingerprint density at radius 3 is 2.52 bits per heavy atom. The summed E-state index contributed by atoms with van der Waals surface area (Å²) in [5.74, 6) is -0.512. The van der Waals surface area contributed by atoms with E-state index in [9.17, 15) is 13.2 Å². The van der Waals surface area contributed by atoms with Gasteiger partial charge >= 0.3 is 5.97 Å². The molecule has 12 heteroatoms. The van der Waals surface area contributed by atoms with Crippen LogP contribution in [-0.2, 0) is 29.0 Å². The Morgan fingerprint density at radius 2 is 1.93 bits per heavy atom. The molecule has 0 amide bonds. The van der Waals surface area contributed by atoms with Gasteiger partial charge in [0.15, 0.2) is 5.79 Å². The van der Waals surface area contributed by atoms with Crippen molar-refractivity contribution in [3.8, 4) is 5.75 Å². The summed E-state index contributed by atoms with van der Waals surface area (Å²) in [5.41, 5.74) is 0.854. The summed E-state index contributed by atoms with van der Waals surface area (Å²) >= 11 is 1.39. The first-order valence-electron chi connectivity index (χ1n) is 13.8. The summed E-state index contributed by atoms with van der Waals surface area (Å²) in [7, 11) is -0.553. The maximum absolute atomic E-state index is 12.5. The normalized spacial score (nSPS) is 19.2. The van der Waals surface area contributed by atoms with Crippen LogP contribution in [0.5, 0.6) is 5.75 Å². The molecule has 1 aliphatic heterocycles. The first kappa shape index (κ1) is 33.8. The predicted octanol–water partition coefficient (Wildman–Crippen LogP) is 5.81. The largest absolute Gasteiger partial charge is 0.497 e. The van der Waals surface area contributed by atoms with Crippen LogP contribution < -0.4 is 9.04 Å². The second kappa shape index (κ2) is 13.3. The summed E-state index contributed by atoms with van der Waals surface area (Å²) < 4.78 is 49.0. The van der Waals surface area contributed by atoms with Crippen molar-refractivity contribution >= 4 is 39.8 Å². The van der Waals surface area contributed by atoms with Gasteiger partial charge < -0.3 is 18.9 Å². The summed E-state index contributed by atoms with van der Waals surface area (Å²) in [6.07, 6.45) is 4.75. The SMILES string of the molecule is COc1cccc(Sc2nc(N(C)S(C)(=O)=O)nc(C(C)C)c2/C=C/[C@@H]2C[C@H](CC(=O)OC(C)(C)C)OC(C)(C)O2)c1. The number of rotatable bonds is 10. The van der Waals surface area contributed by atoms with Gasteiger partial charge in [0.1, 0.15) is 16.4 Å². The number of hydrogen-bond acceptors (Lipinski definition) is 10. The van der Waals surface area contributed by atoms with E-state index in [1.54, 1.807) is 7.11 Å². The van der Waals surface area contributed by atoms with E-state index in [1.165, 1.54) is 18.8 Å². The highest BCUT2D eigenvalue weighted by Gasteiger charge is 2.36. The summed E-state index contributed by atoms with van der Waals surface area (Å²) in [6.45, 7) is 13.1. The number of hydrogen-bond donors (Lipinski definition) is 0. The highest BCUT2D eigenvalue weighted by atomic mass is 32.2. The third-order valence-electron chi connectivity index (χ3n) is 6.18. The number of methoxy groups -OCH3 is 1. The fourth-order valence-corrected chi connectivity index (χ4v) is 5.69. The van der Waals surface area contributed by atoms with Crippen LogP contribution >= 0.6 is 11.8 Å². The molecule has 3 rings (SSSR count). The first-order valence-corrected chi connectivity index (χ1v) is 16.5. The van der Waals surface area contributed by atoms with Crippen molar-refractivity contribution < 1.29 is 32.2 Å². The van der Waals surface area contributed by atoms with Gasteiger partial charge in [0.25, 0.3) is 0 Å². The number of esters is 1. The number of aromatic nitrogens is 2. The molecule has 2 heterocycles. The third-order valence-corrected chi connectivity index (χ3v) is 8.34. The monoisotopic (exact) mass is 621 g/mol. The standard InChI is InChI=1S/C30H43N3O7S2/c1-19(2)26-24(15-14-21-16-22(39-30(6,7)38-21)18-25(34)40-29(3,4)5)27(32-28(31-26)33(8)42(10,35)36)41-23-13-11-12-20(17-23)37-9/h11-15,17,19,21-22H,16,18H2,1-10H3/b15-14+/t21-,22-/m1/s1. The first-order chi connectivity index (χ1) is 19.4. The number of anilines is 1. The molecule has 232 valence electrons. The molecule has 1 saturated heterocycles. The van der Waals surface area contributed by atoms with Crippen LogP contribution in [0.15, 0.2) is 40.3 Å². The van der Waals surface area contributed by atoms with E-state index in [0.717, 1.165) is 21.0 Å². The number of carbonyl (C=O) groups excluding carboxylic acids is 1. The van der Waals surface area contributed by atoms with Crippen molar-refractivity contribution in [2.75, 3.05) is 24.7 Å². The minimum absolute atomic E-state index is 0.0454. The van der Waals surface area contributed by atoms with Crippen LogP contribution in [0.4, 0.5) is 5.95 Å². The van der Waals surface area contributed by atoms with Gasteiger partial charge in [-0.15, -0.1) is 0 Å². The van der Waals surface area contributed by atoms with Gasteiger partial charge in [0.2, 0.25) is 16.0 Å². The Labute approximate surface area is 254 Å². The molecule has 0 saturated carbocycles. The molecule has 1 aliphatic rings. The Morgan fingerprint density at radius 1 is 1.24 bits per heavy atom. The fraction of sp³-hybridized carbons (Fsp3) is 0.567. The van der Waals surface area contributed by atoms with Gasteiger partial charge in [-0.2, -0.15) is 0 Å². The summed E-state index contributed by atoms with van der Waals surface area (Å²) in [5, 5.41) is 0.584. The number of nitrogens with zero attached hydrogens (tertiary/aromatic N) is 3. The molecule has 2 atom stereocenters. The number of carbonyl (C=O) groups is 1. The maximum Gasteiger partial charge on any atom is 0.308 e. The van der Waals surface area contributed by atoms with Gasteiger partial charge in [-0.05, 0) is 58.7 Å². The van der Waals surface area contributed by atoms with Crippen molar-refractivity contribution in [1.82, 2.24) is 9.97 Å². The van der Waals surface area contributed by atoms with Crippen molar-refractivity contribution in [3.05, 3.63) is 41.6 Å². The smallest absolute Gasteiger partial charge is 0.308 e. The van der Waals surface area contributed by atoms with E-state index in [4.69, 9.17) is 23.9 Å². The number of benzene rings is 1. The van der Waals surface area contributed by atoms with E-state index in [0.29, 0.717) is 22.9 Å². The number of sulfonamides is 1. The zero-order valence-electron chi connectivity index (χ0n) is 26.1. The summed E-state index contributed by atoms with van der Waals surface area (Å²) in [6, 6.07) is 7.56. The molecule has 0 bridgehead atoms. The average molecular weight is 622 g/mol. The van der Waals surface area contributed by atoms with Crippen LogP contribution in [0.1, 0.15) is 78.5 Å². The van der Waals surface area contributed by atoms with Gasteiger partial charge in [0, 0.05) is 23.9 Å². The molecular weight excluding hydrogens is 578 g/mol. The van der Waals surface area contributed by atoms with Gasteiger partial charge in [-0.25, -0.2) is 22.7 Å². The number of ether oxygens (including phenoxy) is 4. The zero-order valence-corrected chi connectivity index (χ0v) is 27.8. The molecule has 10 nitrogen and oxygen atoms in total. The van der Waals surface area contributed by atoms with E-state index in [2.05, 4.69) is 4.98 Å². The lowest BCUT2D eigenvalue weighted by Crippen LogP contribution is -2.45. The predicted molar refractivity (Wildman–Crippen MR) is 164 cm³/mol. The van der Waals surface area contributed by atoms with Gasteiger partial charge in [-0.1, -0.05) is 43.8 Å². The van der Waals surface area contributed by atoms with Crippen LogP contribution in [0.3, 0.4) is 0 Å². The van der Waals surface area contributed by atoms with E-state index in [1.807, 2.05) is 84.9 Å². The molecule has 0 radical (unpaired) electrons. The van der Waals surface area contributed by atoms with Crippen LogP contribution in [0.2, 0.25) is 0 Å². The minimum atomic E-state index is -3.59. The Kier molecular flexibility index (Phi) is 10.7. The fourth-order valence-electron chi connectivity index (χ4n) is 4.36. The van der Waals surface area contributed by atoms with Crippen molar-refractivity contribution in [3.63, 3.8) is 0 Å². The second-order valence-corrected chi connectivity index (χ2v) is 15.1. The molecule has 2 aromatic rings.